The number of nitrogens with zero attached hydrogens (tertiary/aromatic N) is 1. The molecule has 3 heterocycles. The number of para-hydroxylation sites is 3. The van der Waals surface area contributed by atoms with Crippen molar-refractivity contribution in [1.82, 2.24) is 0 Å². The Morgan fingerprint density at radius 1 is 0.327 bits per heavy atom. The van der Waals surface area contributed by atoms with Crippen LogP contribution in [-0.4, -0.2) is 0 Å². The van der Waals surface area contributed by atoms with E-state index in [-0.39, 0.29) is 0 Å². The quantitative estimate of drug-likeness (QED) is 0.183. The van der Waals surface area contributed by atoms with Crippen LogP contribution < -0.4 is 4.90 Å². The van der Waals surface area contributed by atoms with Crippen LogP contribution in [0.1, 0.15) is 0 Å². The highest BCUT2D eigenvalue weighted by Gasteiger charge is 2.26. The van der Waals surface area contributed by atoms with Crippen LogP contribution in [0, 0.1) is 0 Å². The summed E-state index contributed by atoms with van der Waals surface area (Å²) in [7, 11) is 0. The second kappa shape index (κ2) is 11.2. The van der Waals surface area contributed by atoms with Crippen LogP contribution in [-0.2, 0) is 0 Å². The van der Waals surface area contributed by atoms with Gasteiger partial charge in [-0.3, -0.25) is 0 Å². The van der Waals surface area contributed by atoms with E-state index in [2.05, 4.69) is 138 Å². The number of hydrogen-bond donors (Lipinski definition) is 0. The van der Waals surface area contributed by atoms with Gasteiger partial charge in [0.1, 0.15) is 33.5 Å². The Labute approximate surface area is 298 Å². The summed E-state index contributed by atoms with van der Waals surface area (Å²) in [5, 5.41) is 6.35. The van der Waals surface area contributed by atoms with Crippen molar-refractivity contribution in [3.63, 3.8) is 0 Å². The first-order chi connectivity index (χ1) is 25.8. The number of fused-ring (bicyclic) bond motifs is 9. The van der Waals surface area contributed by atoms with E-state index >= 15 is 0 Å². The molecule has 0 atom stereocenters. The van der Waals surface area contributed by atoms with Crippen molar-refractivity contribution in [3.8, 4) is 22.3 Å². The molecule has 244 valence electrons. The minimum Gasteiger partial charge on any atom is -0.456 e. The van der Waals surface area contributed by atoms with Crippen LogP contribution in [0.15, 0.2) is 189 Å². The minimum atomic E-state index is 0.821. The van der Waals surface area contributed by atoms with E-state index in [0.29, 0.717) is 0 Å². The van der Waals surface area contributed by atoms with Gasteiger partial charge in [0, 0.05) is 38.9 Å². The average Bonchev–Trinajstić information content (AvgIpc) is 3.90. The molecule has 0 unspecified atom stereocenters. The molecular weight excluding hydrogens is 639 g/mol. The van der Waals surface area contributed by atoms with Crippen molar-refractivity contribution in [3.05, 3.63) is 176 Å². The van der Waals surface area contributed by atoms with Crippen molar-refractivity contribution in [1.29, 1.82) is 0 Å². The lowest BCUT2D eigenvalue weighted by molar-refractivity contribution is 0.669. The summed E-state index contributed by atoms with van der Waals surface area (Å²) in [4.78, 5) is 2.36. The fraction of sp³-hybridized carbons (Fsp3) is 0. The number of furan rings is 3. The summed E-state index contributed by atoms with van der Waals surface area (Å²) in [6.45, 7) is 0. The first-order valence-corrected chi connectivity index (χ1v) is 17.5. The van der Waals surface area contributed by atoms with Gasteiger partial charge in [-0.05, 0) is 71.3 Å². The monoisotopic (exact) mass is 667 g/mol. The molecule has 11 aromatic rings. The van der Waals surface area contributed by atoms with Crippen LogP contribution in [0.3, 0.4) is 0 Å². The van der Waals surface area contributed by atoms with Crippen LogP contribution in [0.25, 0.3) is 88.1 Å². The van der Waals surface area contributed by atoms with Crippen molar-refractivity contribution in [2.45, 2.75) is 0 Å². The molecular formula is C48H29NO3. The topological polar surface area (TPSA) is 42.7 Å². The molecule has 0 spiro atoms. The van der Waals surface area contributed by atoms with Gasteiger partial charge in [-0.1, -0.05) is 115 Å². The Hall–Kier alpha value is -7.04. The molecule has 0 N–H and O–H groups in total. The maximum atomic E-state index is 6.78. The van der Waals surface area contributed by atoms with Gasteiger partial charge >= 0.3 is 0 Å². The van der Waals surface area contributed by atoms with E-state index in [9.17, 15) is 0 Å². The molecule has 0 aliphatic heterocycles. The lowest BCUT2D eigenvalue weighted by Gasteiger charge is -2.28. The molecule has 4 nitrogen and oxygen atoms in total. The van der Waals surface area contributed by atoms with E-state index in [1.165, 1.54) is 0 Å². The number of benzene rings is 8. The fourth-order valence-corrected chi connectivity index (χ4v) is 7.91. The van der Waals surface area contributed by atoms with Gasteiger partial charge in [-0.15, -0.1) is 0 Å². The summed E-state index contributed by atoms with van der Waals surface area (Å²) >= 11 is 0. The highest BCUT2D eigenvalue weighted by atomic mass is 16.3. The van der Waals surface area contributed by atoms with E-state index in [0.717, 1.165) is 105 Å². The molecule has 4 heteroatoms. The Kier molecular flexibility index (Phi) is 6.22. The van der Waals surface area contributed by atoms with Gasteiger partial charge < -0.3 is 18.2 Å². The zero-order valence-electron chi connectivity index (χ0n) is 27.9. The Balaban J connectivity index is 1.29. The lowest BCUT2D eigenvalue weighted by atomic mass is 9.98. The summed E-state index contributed by atoms with van der Waals surface area (Å²) in [5.41, 5.74) is 12.3. The molecule has 0 aliphatic rings. The highest BCUT2D eigenvalue weighted by Crippen LogP contribution is 2.50. The zero-order valence-corrected chi connectivity index (χ0v) is 27.9. The Bertz CT molecular complexity index is 3130. The van der Waals surface area contributed by atoms with Crippen molar-refractivity contribution in [2.75, 3.05) is 4.90 Å². The predicted octanol–water partition coefficient (Wildman–Crippen LogP) is 14.2. The van der Waals surface area contributed by atoms with Gasteiger partial charge in [0.2, 0.25) is 0 Å². The second-order valence-corrected chi connectivity index (χ2v) is 13.2. The van der Waals surface area contributed by atoms with Gasteiger partial charge in [0.25, 0.3) is 0 Å². The third kappa shape index (κ3) is 4.34. The summed E-state index contributed by atoms with van der Waals surface area (Å²) in [5.74, 6) is 0. The van der Waals surface area contributed by atoms with Crippen molar-refractivity contribution < 1.29 is 13.3 Å². The predicted molar refractivity (Wildman–Crippen MR) is 214 cm³/mol. The first kappa shape index (κ1) is 28.8. The highest BCUT2D eigenvalue weighted by molar-refractivity contribution is 6.20. The molecule has 0 aliphatic carbocycles. The number of rotatable bonds is 5. The van der Waals surface area contributed by atoms with Gasteiger partial charge in [0.05, 0.1) is 22.1 Å². The first-order valence-electron chi connectivity index (χ1n) is 17.5. The minimum absolute atomic E-state index is 0.821. The molecule has 0 fully saturated rings. The maximum Gasteiger partial charge on any atom is 0.145 e. The lowest BCUT2D eigenvalue weighted by Crippen LogP contribution is -2.11. The summed E-state index contributed by atoms with van der Waals surface area (Å²) in [6, 6.07) is 61.2. The third-order valence-corrected chi connectivity index (χ3v) is 10.3. The van der Waals surface area contributed by atoms with Crippen LogP contribution in [0.5, 0.6) is 0 Å². The smallest absolute Gasteiger partial charge is 0.145 e. The zero-order chi connectivity index (χ0) is 34.2. The molecule has 0 saturated heterocycles. The van der Waals surface area contributed by atoms with Gasteiger partial charge in [-0.25, -0.2) is 0 Å². The normalized spacial score (nSPS) is 11.8. The van der Waals surface area contributed by atoms with E-state index in [1.54, 1.807) is 0 Å². The SMILES string of the molecule is c1ccc(-c2cc(N(c3ccc4c(c3)oc3ccccc34)c3ccc(-c4ccccc4)c4oc5ccccc5c34)c3c(c2)oc2ccccc23)cc1. The standard InChI is InChI=1S/C48H29NO3/c1-3-13-30(14-4-1)32-27-40(46-37-18-8-11-21-42(37)51-45(46)28-32)49(33-23-24-36-35-17-7-10-20-41(35)50-44(36)29-33)39-26-25-34(31-15-5-2-6-16-31)48-47(39)38-19-9-12-22-43(38)52-48/h1-29H. The van der Waals surface area contributed by atoms with Gasteiger partial charge in [0.15, 0.2) is 0 Å². The molecule has 0 bridgehead atoms. The number of anilines is 3. The third-order valence-electron chi connectivity index (χ3n) is 10.3. The van der Waals surface area contributed by atoms with E-state index in [1.807, 2.05) is 42.5 Å². The fourth-order valence-electron chi connectivity index (χ4n) is 7.91. The van der Waals surface area contributed by atoms with Crippen LogP contribution in [0.2, 0.25) is 0 Å². The molecule has 8 aromatic carbocycles. The molecule has 3 aromatic heterocycles. The van der Waals surface area contributed by atoms with Gasteiger partial charge in [-0.2, -0.15) is 0 Å². The van der Waals surface area contributed by atoms with Crippen LogP contribution in [0.4, 0.5) is 17.1 Å². The van der Waals surface area contributed by atoms with E-state index < -0.39 is 0 Å². The number of hydrogen-bond acceptors (Lipinski definition) is 4. The molecule has 0 amide bonds. The molecule has 52 heavy (non-hydrogen) atoms. The second-order valence-electron chi connectivity index (χ2n) is 13.2. The summed E-state index contributed by atoms with van der Waals surface area (Å²) in [6.07, 6.45) is 0. The Morgan fingerprint density at radius 2 is 0.904 bits per heavy atom. The van der Waals surface area contributed by atoms with Crippen molar-refractivity contribution in [2.24, 2.45) is 0 Å². The molecule has 0 radical (unpaired) electrons. The molecule has 11 rings (SSSR count). The maximum absolute atomic E-state index is 6.78. The van der Waals surface area contributed by atoms with Crippen molar-refractivity contribution >= 4 is 82.9 Å². The molecule has 0 saturated carbocycles. The van der Waals surface area contributed by atoms with E-state index in [4.69, 9.17) is 13.3 Å². The van der Waals surface area contributed by atoms with Crippen LogP contribution >= 0.6 is 0 Å². The summed E-state index contributed by atoms with van der Waals surface area (Å²) < 4.78 is 19.9. The Morgan fingerprint density at radius 3 is 1.65 bits per heavy atom. The largest absolute Gasteiger partial charge is 0.456 e. The average molecular weight is 668 g/mol.